The maximum Gasteiger partial charge on any atom is 0.0619 e. The average molecular weight is 158 g/mol. The SMILES string of the molecule is C1COC2CCSCC2C1. The van der Waals surface area contributed by atoms with Crippen LogP contribution in [0.4, 0.5) is 0 Å². The summed E-state index contributed by atoms with van der Waals surface area (Å²) in [6, 6.07) is 0. The third-order valence-corrected chi connectivity index (χ3v) is 3.64. The third kappa shape index (κ3) is 1.32. The van der Waals surface area contributed by atoms with Crippen LogP contribution in [-0.4, -0.2) is 24.2 Å². The number of hydrogen-bond acceptors (Lipinski definition) is 2. The van der Waals surface area contributed by atoms with Gasteiger partial charge in [0.25, 0.3) is 0 Å². The fourth-order valence-corrected chi connectivity index (χ4v) is 3.10. The van der Waals surface area contributed by atoms with Crippen molar-refractivity contribution in [2.45, 2.75) is 25.4 Å². The standard InChI is InChI=1S/C8H14OS/c1-2-7-6-10-5-3-8(7)9-4-1/h7-8H,1-6H2. The minimum atomic E-state index is 0.634. The van der Waals surface area contributed by atoms with Crippen molar-refractivity contribution in [1.82, 2.24) is 0 Å². The molecular weight excluding hydrogens is 144 g/mol. The topological polar surface area (TPSA) is 9.23 Å². The van der Waals surface area contributed by atoms with Crippen molar-refractivity contribution in [1.29, 1.82) is 0 Å². The Labute approximate surface area is 66.5 Å². The quantitative estimate of drug-likeness (QED) is 0.532. The molecule has 2 aliphatic heterocycles. The normalized spacial score (nSPS) is 40.8. The molecule has 0 radical (unpaired) electrons. The average Bonchev–Trinajstić information content (AvgIpc) is 2.05. The fraction of sp³-hybridized carbons (Fsp3) is 1.00. The number of ether oxygens (including phenoxy) is 1. The molecule has 2 heterocycles. The van der Waals surface area contributed by atoms with Crippen LogP contribution in [0.3, 0.4) is 0 Å². The summed E-state index contributed by atoms with van der Waals surface area (Å²) < 4.78 is 5.67. The predicted octanol–water partition coefficient (Wildman–Crippen LogP) is 1.92. The van der Waals surface area contributed by atoms with Gasteiger partial charge in [0, 0.05) is 6.61 Å². The molecule has 2 rings (SSSR count). The Morgan fingerprint density at radius 1 is 1.30 bits per heavy atom. The molecule has 0 N–H and O–H groups in total. The molecule has 2 fully saturated rings. The van der Waals surface area contributed by atoms with Crippen LogP contribution in [0.2, 0.25) is 0 Å². The molecule has 2 atom stereocenters. The van der Waals surface area contributed by atoms with E-state index in [2.05, 4.69) is 11.8 Å². The first-order valence-corrected chi connectivity index (χ1v) is 5.31. The predicted molar refractivity (Wildman–Crippen MR) is 44.4 cm³/mol. The fourth-order valence-electron chi connectivity index (χ4n) is 1.85. The minimum absolute atomic E-state index is 0.634. The second-order valence-corrected chi connectivity index (χ2v) is 4.32. The number of hydrogen-bond donors (Lipinski definition) is 0. The van der Waals surface area contributed by atoms with E-state index in [4.69, 9.17) is 4.74 Å². The molecule has 0 bridgehead atoms. The Morgan fingerprint density at radius 2 is 2.30 bits per heavy atom. The van der Waals surface area contributed by atoms with Crippen molar-refractivity contribution in [3.05, 3.63) is 0 Å². The van der Waals surface area contributed by atoms with E-state index in [1.807, 2.05) is 0 Å². The van der Waals surface area contributed by atoms with Crippen LogP contribution in [0.15, 0.2) is 0 Å². The van der Waals surface area contributed by atoms with Gasteiger partial charge < -0.3 is 4.74 Å². The van der Waals surface area contributed by atoms with Crippen molar-refractivity contribution in [2.75, 3.05) is 18.1 Å². The van der Waals surface area contributed by atoms with Gasteiger partial charge in [-0.05, 0) is 36.7 Å². The van der Waals surface area contributed by atoms with Crippen LogP contribution >= 0.6 is 11.8 Å². The van der Waals surface area contributed by atoms with Gasteiger partial charge in [0.05, 0.1) is 6.10 Å². The first-order chi connectivity index (χ1) is 4.97. The van der Waals surface area contributed by atoms with E-state index < -0.39 is 0 Å². The van der Waals surface area contributed by atoms with Gasteiger partial charge in [-0.1, -0.05) is 0 Å². The summed E-state index contributed by atoms with van der Waals surface area (Å²) in [4.78, 5) is 0. The van der Waals surface area contributed by atoms with Gasteiger partial charge in [-0.3, -0.25) is 0 Å². The summed E-state index contributed by atoms with van der Waals surface area (Å²) in [5, 5.41) is 0. The van der Waals surface area contributed by atoms with Gasteiger partial charge in [-0.2, -0.15) is 11.8 Å². The highest BCUT2D eigenvalue weighted by molar-refractivity contribution is 7.99. The Bertz CT molecular complexity index is 89.8. The van der Waals surface area contributed by atoms with Gasteiger partial charge in [0.2, 0.25) is 0 Å². The van der Waals surface area contributed by atoms with Crippen molar-refractivity contribution in [3.63, 3.8) is 0 Å². The van der Waals surface area contributed by atoms with Gasteiger partial charge in [-0.25, -0.2) is 0 Å². The molecule has 2 aliphatic rings. The second-order valence-electron chi connectivity index (χ2n) is 3.18. The largest absolute Gasteiger partial charge is 0.378 e. The van der Waals surface area contributed by atoms with Crippen molar-refractivity contribution >= 4 is 11.8 Å². The molecule has 0 aliphatic carbocycles. The van der Waals surface area contributed by atoms with Gasteiger partial charge in [0.15, 0.2) is 0 Å². The molecule has 0 aromatic carbocycles. The third-order valence-electron chi connectivity index (χ3n) is 2.46. The highest BCUT2D eigenvalue weighted by Gasteiger charge is 2.28. The molecule has 2 heteroatoms. The molecule has 0 saturated carbocycles. The molecule has 0 aromatic rings. The number of thioether (sulfide) groups is 1. The molecular formula is C8H14OS. The van der Waals surface area contributed by atoms with E-state index in [-0.39, 0.29) is 0 Å². The van der Waals surface area contributed by atoms with Gasteiger partial charge in [0.1, 0.15) is 0 Å². The molecule has 0 aromatic heterocycles. The second kappa shape index (κ2) is 3.14. The van der Waals surface area contributed by atoms with Crippen LogP contribution in [-0.2, 0) is 4.74 Å². The smallest absolute Gasteiger partial charge is 0.0619 e. The zero-order chi connectivity index (χ0) is 6.81. The summed E-state index contributed by atoms with van der Waals surface area (Å²) in [5.74, 6) is 3.57. The summed E-state index contributed by atoms with van der Waals surface area (Å²) in [6.45, 7) is 1.02. The Balaban J connectivity index is 1.93. The molecule has 2 saturated heterocycles. The molecule has 10 heavy (non-hydrogen) atoms. The summed E-state index contributed by atoms with van der Waals surface area (Å²) in [6.07, 6.45) is 4.64. The van der Waals surface area contributed by atoms with Gasteiger partial charge >= 0.3 is 0 Å². The van der Waals surface area contributed by atoms with Crippen molar-refractivity contribution < 1.29 is 4.74 Å². The first kappa shape index (κ1) is 6.99. The number of fused-ring (bicyclic) bond motifs is 1. The van der Waals surface area contributed by atoms with Gasteiger partial charge in [-0.15, -0.1) is 0 Å². The molecule has 2 unspecified atom stereocenters. The molecule has 0 spiro atoms. The Morgan fingerprint density at radius 3 is 3.20 bits per heavy atom. The van der Waals surface area contributed by atoms with Crippen LogP contribution in [0.5, 0.6) is 0 Å². The lowest BCUT2D eigenvalue weighted by molar-refractivity contribution is -0.0217. The van der Waals surface area contributed by atoms with Crippen LogP contribution < -0.4 is 0 Å². The monoisotopic (exact) mass is 158 g/mol. The number of rotatable bonds is 0. The maximum absolute atomic E-state index is 5.67. The first-order valence-electron chi connectivity index (χ1n) is 4.16. The van der Waals surface area contributed by atoms with E-state index in [1.54, 1.807) is 0 Å². The zero-order valence-electron chi connectivity index (χ0n) is 6.21. The Hall–Kier alpha value is 0.310. The highest BCUT2D eigenvalue weighted by Crippen LogP contribution is 2.31. The summed E-state index contributed by atoms with van der Waals surface area (Å²) >= 11 is 2.10. The molecule has 1 nitrogen and oxygen atoms in total. The zero-order valence-corrected chi connectivity index (χ0v) is 7.03. The van der Waals surface area contributed by atoms with Crippen LogP contribution in [0.1, 0.15) is 19.3 Å². The summed E-state index contributed by atoms with van der Waals surface area (Å²) in [7, 11) is 0. The maximum atomic E-state index is 5.67. The van der Waals surface area contributed by atoms with E-state index in [1.165, 1.54) is 30.8 Å². The van der Waals surface area contributed by atoms with E-state index in [0.717, 1.165) is 12.5 Å². The molecule has 0 amide bonds. The van der Waals surface area contributed by atoms with Crippen LogP contribution in [0, 0.1) is 5.92 Å². The lowest BCUT2D eigenvalue weighted by Gasteiger charge is -2.34. The Kier molecular flexibility index (Phi) is 2.19. The lowest BCUT2D eigenvalue weighted by atomic mass is 9.94. The van der Waals surface area contributed by atoms with Crippen molar-refractivity contribution in [3.8, 4) is 0 Å². The lowest BCUT2D eigenvalue weighted by Crippen LogP contribution is -2.34. The minimum Gasteiger partial charge on any atom is -0.378 e. The van der Waals surface area contributed by atoms with E-state index in [0.29, 0.717) is 6.10 Å². The highest BCUT2D eigenvalue weighted by atomic mass is 32.2. The van der Waals surface area contributed by atoms with E-state index in [9.17, 15) is 0 Å². The van der Waals surface area contributed by atoms with E-state index >= 15 is 0 Å². The molecule has 58 valence electrons. The van der Waals surface area contributed by atoms with Crippen molar-refractivity contribution in [2.24, 2.45) is 5.92 Å². The summed E-state index contributed by atoms with van der Waals surface area (Å²) in [5.41, 5.74) is 0. The van der Waals surface area contributed by atoms with Crippen LogP contribution in [0.25, 0.3) is 0 Å².